The summed E-state index contributed by atoms with van der Waals surface area (Å²) in [4.78, 5) is 13.9. The lowest BCUT2D eigenvalue weighted by Gasteiger charge is -2.22. The van der Waals surface area contributed by atoms with Gasteiger partial charge >= 0.3 is 6.09 Å². The summed E-state index contributed by atoms with van der Waals surface area (Å²) in [7, 11) is 0. The summed E-state index contributed by atoms with van der Waals surface area (Å²) in [5.74, 6) is 0. The molecule has 1 aliphatic heterocycles. The van der Waals surface area contributed by atoms with Gasteiger partial charge in [-0.1, -0.05) is 0 Å². The number of nitriles is 1. The highest BCUT2D eigenvalue weighted by atomic mass is 32.1. The zero-order valence-corrected chi connectivity index (χ0v) is 12.8. The Balaban J connectivity index is 1.90. The Labute approximate surface area is 123 Å². The fourth-order valence-corrected chi connectivity index (χ4v) is 3.06. The molecule has 1 amide bonds. The maximum absolute atomic E-state index is 11.7. The molecule has 108 valence electrons. The van der Waals surface area contributed by atoms with Gasteiger partial charge in [-0.3, -0.25) is 0 Å². The lowest BCUT2D eigenvalue weighted by Crippen LogP contribution is -2.40. The van der Waals surface area contributed by atoms with E-state index in [1.807, 2.05) is 32.2 Å². The first-order valence-corrected chi connectivity index (χ1v) is 7.49. The van der Waals surface area contributed by atoms with Gasteiger partial charge in [-0.25, -0.2) is 4.79 Å². The largest absolute Gasteiger partial charge is 0.444 e. The van der Waals surface area contributed by atoms with Crippen molar-refractivity contribution in [2.75, 3.05) is 18.0 Å². The molecule has 1 aliphatic rings. The van der Waals surface area contributed by atoms with Crippen LogP contribution in [0.1, 0.15) is 32.8 Å². The average Bonchev–Trinajstić information content (AvgIpc) is 2.93. The molecule has 2 rings (SSSR count). The van der Waals surface area contributed by atoms with Crippen LogP contribution in [0.4, 0.5) is 9.80 Å². The van der Waals surface area contributed by atoms with E-state index in [1.165, 1.54) is 0 Å². The van der Waals surface area contributed by atoms with E-state index in [0.29, 0.717) is 12.1 Å². The number of carbonyl (C=O) groups is 1. The van der Waals surface area contributed by atoms with Crippen LogP contribution in [0.5, 0.6) is 0 Å². The van der Waals surface area contributed by atoms with Gasteiger partial charge in [-0.2, -0.15) is 5.26 Å². The van der Waals surface area contributed by atoms with Gasteiger partial charge in [0.2, 0.25) is 0 Å². The van der Waals surface area contributed by atoms with Crippen molar-refractivity contribution in [2.45, 2.75) is 38.8 Å². The Morgan fingerprint density at radius 1 is 1.60 bits per heavy atom. The maximum Gasteiger partial charge on any atom is 0.407 e. The third-order valence-corrected chi connectivity index (χ3v) is 3.94. The minimum atomic E-state index is -0.482. The monoisotopic (exact) mass is 293 g/mol. The van der Waals surface area contributed by atoms with Crippen LogP contribution in [-0.4, -0.2) is 30.8 Å². The fourth-order valence-electron chi connectivity index (χ4n) is 2.17. The first kappa shape index (κ1) is 14.7. The topological polar surface area (TPSA) is 65.4 Å². The van der Waals surface area contributed by atoms with Crippen LogP contribution in [0.2, 0.25) is 0 Å². The molecule has 0 bridgehead atoms. The van der Waals surface area contributed by atoms with Crippen LogP contribution >= 0.6 is 11.3 Å². The van der Waals surface area contributed by atoms with E-state index in [9.17, 15) is 4.79 Å². The van der Waals surface area contributed by atoms with Gasteiger partial charge in [-0.05, 0) is 38.6 Å². The van der Waals surface area contributed by atoms with Crippen molar-refractivity contribution in [1.82, 2.24) is 5.32 Å². The maximum atomic E-state index is 11.7. The van der Waals surface area contributed by atoms with Crippen molar-refractivity contribution in [3.05, 3.63) is 17.0 Å². The molecule has 0 radical (unpaired) electrons. The van der Waals surface area contributed by atoms with Crippen LogP contribution < -0.4 is 10.2 Å². The van der Waals surface area contributed by atoms with Crippen LogP contribution in [0, 0.1) is 11.3 Å². The number of carbonyl (C=O) groups excluding carboxylic acids is 1. The molecule has 0 aromatic carbocycles. The van der Waals surface area contributed by atoms with Crippen LogP contribution in [-0.2, 0) is 4.74 Å². The molecule has 5 nitrogen and oxygen atoms in total. The van der Waals surface area contributed by atoms with Crippen molar-refractivity contribution in [2.24, 2.45) is 0 Å². The second-order valence-electron chi connectivity index (χ2n) is 5.83. The van der Waals surface area contributed by atoms with E-state index < -0.39 is 5.60 Å². The number of hydrogen-bond donors (Lipinski definition) is 1. The van der Waals surface area contributed by atoms with Crippen LogP contribution in [0.25, 0.3) is 0 Å². The summed E-state index contributed by atoms with van der Waals surface area (Å²) in [6.07, 6.45) is 0.484. The summed E-state index contributed by atoms with van der Waals surface area (Å²) in [5, 5.41) is 14.8. The highest BCUT2D eigenvalue weighted by molar-refractivity contribution is 7.14. The quantitative estimate of drug-likeness (QED) is 0.910. The van der Waals surface area contributed by atoms with Crippen molar-refractivity contribution in [3.8, 4) is 6.07 Å². The molecule has 1 atom stereocenters. The van der Waals surface area contributed by atoms with Gasteiger partial charge in [-0.15, -0.1) is 11.3 Å². The second-order valence-corrected chi connectivity index (χ2v) is 6.72. The zero-order valence-electron chi connectivity index (χ0n) is 12.0. The second kappa shape index (κ2) is 5.71. The number of hydrogen-bond acceptors (Lipinski definition) is 5. The van der Waals surface area contributed by atoms with Gasteiger partial charge in [0.1, 0.15) is 16.7 Å². The molecule has 2 heterocycles. The van der Waals surface area contributed by atoms with Crippen LogP contribution in [0.3, 0.4) is 0 Å². The molecule has 0 spiro atoms. The number of nitrogens with zero attached hydrogens (tertiary/aromatic N) is 2. The minimum Gasteiger partial charge on any atom is -0.444 e. The third kappa shape index (κ3) is 3.64. The standard InChI is InChI=1S/C14H19N3O2S/c1-14(2,3)19-13(18)16-11-4-6-17(9-11)12-10(8-15)5-7-20-12/h5,7,11H,4,6,9H2,1-3H3,(H,16,18). The number of alkyl carbamates (subject to hydrolysis) is 1. The molecule has 1 unspecified atom stereocenters. The summed E-state index contributed by atoms with van der Waals surface area (Å²) in [6, 6.07) is 4.09. The molecular formula is C14H19N3O2S. The summed E-state index contributed by atoms with van der Waals surface area (Å²) < 4.78 is 5.25. The molecule has 1 fully saturated rings. The fraction of sp³-hybridized carbons (Fsp3) is 0.571. The zero-order chi connectivity index (χ0) is 14.8. The highest BCUT2D eigenvalue weighted by Gasteiger charge is 2.27. The molecule has 1 saturated heterocycles. The predicted octanol–water partition coefficient (Wildman–Crippen LogP) is 2.72. The van der Waals surface area contributed by atoms with Crippen molar-refractivity contribution < 1.29 is 9.53 Å². The van der Waals surface area contributed by atoms with Gasteiger partial charge in [0.25, 0.3) is 0 Å². The van der Waals surface area contributed by atoms with Crippen molar-refractivity contribution in [3.63, 3.8) is 0 Å². The Hall–Kier alpha value is -1.74. The average molecular weight is 293 g/mol. The van der Waals surface area contributed by atoms with E-state index in [-0.39, 0.29) is 12.1 Å². The van der Waals surface area contributed by atoms with Gasteiger partial charge in [0.05, 0.1) is 11.6 Å². The van der Waals surface area contributed by atoms with Gasteiger partial charge < -0.3 is 15.0 Å². The molecule has 0 aliphatic carbocycles. The van der Waals surface area contributed by atoms with E-state index in [2.05, 4.69) is 16.3 Å². The number of anilines is 1. The Bertz CT molecular complexity index is 527. The summed E-state index contributed by atoms with van der Waals surface area (Å²) in [6.45, 7) is 7.10. The van der Waals surface area contributed by atoms with Crippen molar-refractivity contribution >= 4 is 22.4 Å². The minimum absolute atomic E-state index is 0.0680. The summed E-state index contributed by atoms with van der Waals surface area (Å²) >= 11 is 1.56. The molecule has 0 saturated carbocycles. The molecule has 1 aromatic heterocycles. The number of thiophene rings is 1. The Morgan fingerprint density at radius 3 is 3.00 bits per heavy atom. The molecule has 1 aromatic rings. The highest BCUT2D eigenvalue weighted by Crippen LogP contribution is 2.30. The first-order valence-electron chi connectivity index (χ1n) is 6.61. The van der Waals surface area contributed by atoms with Gasteiger partial charge in [0, 0.05) is 13.1 Å². The van der Waals surface area contributed by atoms with E-state index >= 15 is 0 Å². The van der Waals surface area contributed by atoms with E-state index in [0.717, 1.165) is 18.0 Å². The van der Waals surface area contributed by atoms with E-state index in [1.54, 1.807) is 11.3 Å². The van der Waals surface area contributed by atoms with E-state index in [4.69, 9.17) is 10.00 Å². The lowest BCUT2D eigenvalue weighted by molar-refractivity contribution is 0.0509. The number of nitrogens with one attached hydrogen (secondary N) is 1. The lowest BCUT2D eigenvalue weighted by atomic mass is 10.2. The third-order valence-electron chi connectivity index (χ3n) is 2.96. The molecule has 20 heavy (non-hydrogen) atoms. The molecule has 1 N–H and O–H groups in total. The molecular weight excluding hydrogens is 274 g/mol. The normalized spacial score (nSPS) is 18.7. The Morgan fingerprint density at radius 2 is 2.35 bits per heavy atom. The van der Waals surface area contributed by atoms with Crippen LogP contribution in [0.15, 0.2) is 11.4 Å². The Kier molecular flexibility index (Phi) is 4.19. The summed E-state index contributed by atoms with van der Waals surface area (Å²) in [5.41, 5.74) is 0.220. The van der Waals surface area contributed by atoms with Crippen molar-refractivity contribution in [1.29, 1.82) is 5.26 Å². The molecule has 6 heteroatoms. The first-order chi connectivity index (χ1) is 9.39. The smallest absolute Gasteiger partial charge is 0.407 e. The number of rotatable bonds is 2. The predicted molar refractivity (Wildman–Crippen MR) is 79.0 cm³/mol. The van der Waals surface area contributed by atoms with Gasteiger partial charge in [0.15, 0.2) is 0 Å². The SMILES string of the molecule is CC(C)(C)OC(=O)NC1CCN(c2sccc2C#N)C1. The number of amides is 1. The number of ether oxygens (including phenoxy) is 1.